The van der Waals surface area contributed by atoms with Crippen LogP contribution in [0.2, 0.25) is 0 Å². The molecule has 0 radical (unpaired) electrons. The van der Waals surface area contributed by atoms with Gasteiger partial charge in [0.05, 0.1) is 0 Å². The normalized spacial score (nSPS) is 13.2. The highest BCUT2D eigenvalue weighted by Crippen LogP contribution is 2.34. The lowest BCUT2D eigenvalue weighted by atomic mass is 9.75. The van der Waals surface area contributed by atoms with E-state index in [-0.39, 0.29) is 23.8 Å². The molecule has 0 spiro atoms. The van der Waals surface area contributed by atoms with E-state index in [1.807, 2.05) is 63.2 Å². The Hall–Kier alpha value is -1.39. The van der Waals surface area contributed by atoms with Gasteiger partial charge in [-0.15, -0.1) is 0 Å². The maximum absolute atomic E-state index is 11.9. The van der Waals surface area contributed by atoms with Crippen molar-refractivity contribution in [2.75, 3.05) is 33.8 Å². The number of carbonyl (C=O) groups excluding carboxylic acids is 1. The first-order chi connectivity index (χ1) is 9.86. The standard InChI is InChI=1S/C17H28N2O2/c1-17(2,13-20)15(14-8-6-5-7-9-14)12-18-16(21)10-11-19(3)4/h5-9,15,20H,10-13H2,1-4H3,(H,18,21). The molecule has 0 aliphatic heterocycles. The Labute approximate surface area is 128 Å². The number of rotatable bonds is 8. The third-order valence-electron chi connectivity index (χ3n) is 3.84. The van der Waals surface area contributed by atoms with Gasteiger partial charge in [0.15, 0.2) is 0 Å². The summed E-state index contributed by atoms with van der Waals surface area (Å²) in [4.78, 5) is 13.9. The van der Waals surface area contributed by atoms with E-state index in [0.29, 0.717) is 13.0 Å². The number of hydrogen-bond donors (Lipinski definition) is 2. The second-order valence-corrected chi connectivity index (χ2v) is 6.47. The predicted molar refractivity (Wildman–Crippen MR) is 86.2 cm³/mol. The molecule has 118 valence electrons. The summed E-state index contributed by atoms with van der Waals surface area (Å²) in [6.45, 7) is 5.42. The Morgan fingerprint density at radius 3 is 2.43 bits per heavy atom. The largest absolute Gasteiger partial charge is 0.396 e. The zero-order valence-corrected chi connectivity index (χ0v) is 13.6. The fourth-order valence-corrected chi connectivity index (χ4v) is 2.27. The van der Waals surface area contributed by atoms with Gasteiger partial charge in [0.1, 0.15) is 0 Å². The lowest BCUT2D eigenvalue weighted by molar-refractivity contribution is -0.121. The van der Waals surface area contributed by atoms with Gasteiger partial charge in [0.25, 0.3) is 0 Å². The third-order valence-corrected chi connectivity index (χ3v) is 3.84. The molecule has 0 bridgehead atoms. The summed E-state index contributed by atoms with van der Waals surface area (Å²) in [5.41, 5.74) is 0.861. The van der Waals surface area contributed by atoms with Gasteiger partial charge >= 0.3 is 0 Å². The molecule has 0 aromatic heterocycles. The van der Waals surface area contributed by atoms with E-state index in [4.69, 9.17) is 0 Å². The van der Waals surface area contributed by atoms with Crippen LogP contribution in [0.4, 0.5) is 0 Å². The molecule has 2 N–H and O–H groups in total. The minimum absolute atomic E-state index is 0.0540. The van der Waals surface area contributed by atoms with Gasteiger partial charge in [0, 0.05) is 32.0 Å². The van der Waals surface area contributed by atoms with Crippen LogP contribution in [0.3, 0.4) is 0 Å². The van der Waals surface area contributed by atoms with Crippen molar-refractivity contribution in [3.8, 4) is 0 Å². The maximum atomic E-state index is 11.9. The Balaban J connectivity index is 2.69. The molecule has 1 atom stereocenters. The van der Waals surface area contributed by atoms with Crippen LogP contribution in [0.1, 0.15) is 31.7 Å². The lowest BCUT2D eigenvalue weighted by Crippen LogP contribution is -2.37. The van der Waals surface area contributed by atoms with Crippen molar-refractivity contribution in [3.63, 3.8) is 0 Å². The molecule has 1 rings (SSSR count). The van der Waals surface area contributed by atoms with Crippen molar-refractivity contribution in [3.05, 3.63) is 35.9 Å². The highest BCUT2D eigenvalue weighted by Gasteiger charge is 2.30. The first-order valence-electron chi connectivity index (χ1n) is 7.44. The van der Waals surface area contributed by atoms with Gasteiger partial charge in [-0.3, -0.25) is 4.79 Å². The second-order valence-electron chi connectivity index (χ2n) is 6.47. The van der Waals surface area contributed by atoms with Crippen LogP contribution in [-0.2, 0) is 4.79 Å². The maximum Gasteiger partial charge on any atom is 0.221 e. The molecule has 0 aliphatic carbocycles. The average Bonchev–Trinajstić information content (AvgIpc) is 2.46. The van der Waals surface area contributed by atoms with E-state index >= 15 is 0 Å². The molecule has 1 aromatic carbocycles. The summed E-state index contributed by atoms with van der Waals surface area (Å²) in [5, 5.41) is 12.6. The quantitative estimate of drug-likeness (QED) is 0.769. The fourth-order valence-electron chi connectivity index (χ4n) is 2.27. The van der Waals surface area contributed by atoms with Crippen molar-refractivity contribution < 1.29 is 9.90 Å². The van der Waals surface area contributed by atoms with Gasteiger partial charge in [0.2, 0.25) is 5.91 Å². The summed E-state index contributed by atoms with van der Waals surface area (Å²) >= 11 is 0. The number of hydrogen-bond acceptors (Lipinski definition) is 3. The second kappa shape index (κ2) is 8.15. The van der Waals surface area contributed by atoms with E-state index in [0.717, 1.165) is 12.1 Å². The lowest BCUT2D eigenvalue weighted by Gasteiger charge is -2.33. The van der Waals surface area contributed by atoms with Crippen LogP contribution >= 0.6 is 0 Å². The molecular formula is C17H28N2O2. The van der Waals surface area contributed by atoms with Crippen molar-refractivity contribution in [1.82, 2.24) is 10.2 Å². The average molecular weight is 292 g/mol. The van der Waals surface area contributed by atoms with E-state index in [1.54, 1.807) is 0 Å². The van der Waals surface area contributed by atoms with E-state index < -0.39 is 0 Å². The smallest absolute Gasteiger partial charge is 0.221 e. The summed E-state index contributed by atoms with van der Waals surface area (Å²) < 4.78 is 0. The topological polar surface area (TPSA) is 52.6 Å². The van der Waals surface area contributed by atoms with Crippen LogP contribution in [0.5, 0.6) is 0 Å². The van der Waals surface area contributed by atoms with E-state index in [1.165, 1.54) is 0 Å². The van der Waals surface area contributed by atoms with E-state index in [9.17, 15) is 9.90 Å². The van der Waals surface area contributed by atoms with Crippen molar-refractivity contribution in [2.45, 2.75) is 26.2 Å². The van der Waals surface area contributed by atoms with E-state index in [2.05, 4.69) is 5.32 Å². The molecule has 0 fully saturated rings. The van der Waals surface area contributed by atoms with Crippen LogP contribution < -0.4 is 5.32 Å². The predicted octanol–water partition coefficient (Wildman–Crippen LogP) is 1.86. The van der Waals surface area contributed by atoms with Crippen molar-refractivity contribution >= 4 is 5.91 Å². The zero-order chi connectivity index (χ0) is 15.9. The third kappa shape index (κ3) is 5.86. The van der Waals surface area contributed by atoms with Crippen LogP contribution in [-0.4, -0.2) is 49.7 Å². The molecule has 1 unspecified atom stereocenters. The number of amides is 1. The summed E-state index contributed by atoms with van der Waals surface area (Å²) in [6.07, 6.45) is 0.494. The first kappa shape index (κ1) is 17.7. The van der Waals surface area contributed by atoms with Gasteiger partial charge in [-0.2, -0.15) is 0 Å². The van der Waals surface area contributed by atoms with Gasteiger partial charge < -0.3 is 15.3 Å². The molecule has 21 heavy (non-hydrogen) atoms. The van der Waals surface area contributed by atoms with Gasteiger partial charge in [-0.1, -0.05) is 44.2 Å². The van der Waals surface area contributed by atoms with Crippen LogP contribution in [0.15, 0.2) is 30.3 Å². The van der Waals surface area contributed by atoms with Gasteiger partial charge in [-0.25, -0.2) is 0 Å². The molecule has 1 aromatic rings. The Bertz CT molecular complexity index is 430. The minimum Gasteiger partial charge on any atom is -0.396 e. The molecule has 1 amide bonds. The minimum atomic E-state index is -0.282. The zero-order valence-electron chi connectivity index (χ0n) is 13.6. The molecular weight excluding hydrogens is 264 g/mol. The highest BCUT2D eigenvalue weighted by atomic mass is 16.3. The SMILES string of the molecule is CN(C)CCC(=O)NCC(c1ccccc1)C(C)(C)CO. The van der Waals surface area contributed by atoms with Crippen molar-refractivity contribution in [2.24, 2.45) is 5.41 Å². The Morgan fingerprint density at radius 2 is 1.90 bits per heavy atom. The summed E-state index contributed by atoms with van der Waals surface area (Å²) in [7, 11) is 3.91. The number of aliphatic hydroxyl groups excluding tert-OH is 1. The monoisotopic (exact) mass is 292 g/mol. The first-order valence-corrected chi connectivity index (χ1v) is 7.44. The highest BCUT2D eigenvalue weighted by molar-refractivity contribution is 5.76. The van der Waals surface area contributed by atoms with Crippen LogP contribution in [0.25, 0.3) is 0 Å². The number of aliphatic hydroxyl groups is 1. The summed E-state index contributed by atoms with van der Waals surface area (Å²) in [5.74, 6) is 0.144. The fraction of sp³-hybridized carbons (Fsp3) is 0.588. The molecule has 0 heterocycles. The van der Waals surface area contributed by atoms with Crippen molar-refractivity contribution in [1.29, 1.82) is 0 Å². The molecule has 4 nitrogen and oxygen atoms in total. The molecule has 0 aliphatic rings. The van der Waals surface area contributed by atoms with Gasteiger partial charge in [-0.05, 0) is 25.1 Å². The number of nitrogens with zero attached hydrogens (tertiary/aromatic N) is 1. The Kier molecular flexibility index (Phi) is 6.85. The molecule has 0 saturated carbocycles. The number of nitrogens with one attached hydrogen (secondary N) is 1. The summed E-state index contributed by atoms with van der Waals surface area (Å²) in [6, 6.07) is 10.1. The number of benzene rings is 1. The van der Waals surface area contributed by atoms with Crippen LogP contribution in [0, 0.1) is 5.41 Å². The Morgan fingerprint density at radius 1 is 1.29 bits per heavy atom. The molecule has 0 saturated heterocycles. The molecule has 4 heteroatoms. The number of carbonyl (C=O) groups is 1.